The van der Waals surface area contributed by atoms with Gasteiger partial charge in [-0.2, -0.15) is 13.2 Å². The first kappa shape index (κ1) is 15.1. The molecule has 0 aliphatic heterocycles. The van der Waals surface area contributed by atoms with Gasteiger partial charge in [0, 0.05) is 16.4 Å². The minimum atomic E-state index is -5.05. The molecule has 1 aromatic rings. The van der Waals surface area contributed by atoms with Gasteiger partial charge < -0.3 is 5.32 Å². The van der Waals surface area contributed by atoms with Gasteiger partial charge in [-0.1, -0.05) is 11.6 Å². The monoisotopic (exact) mass is 321 g/mol. The molecular weight excluding hydrogens is 318 g/mol. The van der Waals surface area contributed by atoms with Gasteiger partial charge in [0.05, 0.1) is 5.02 Å². The van der Waals surface area contributed by atoms with Crippen LogP contribution in [-0.4, -0.2) is 20.5 Å². The Hall–Kier alpha value is -0.990. The molecule has 1 rings (SSSR count). The average molecular weight is 322 g/mol. The van der Waals surface area contributed by atoms with E-state index in [2.05, 4.69) is 0 Å². The molecule has 0 saturated carbocycles. The quantitative estimate of drug-likeness (QED) is 0.852. The molecular formula is C8H4Cl2F3NO3S. The Morgan fingerprint density at radius 1 is 1.28 bits per heavy atom. The normalized spacial score (nSPS) is 12.3. The van der Waals surface area contributed by atoms with Crippen LogP contribution in [0, 0.1) is 0 Å². The van der Waals surface area contributed by atoms with E-state index >= 15 is 0 Å². The molecule has 0 aliphatic rings. The van der Waals surface area contributed by atoms with Crippen molar-refractivity contribution in [3.8, 4) is 0 Å². The molecule has 0 spiro atoms. The van der Waals surface area contributed by atoms with Gasteiger partial charge in [-0.05, 0) is 18.2 Å². The van der Waals surface area contributed by atoms with Crippen LogP contribution in [0.15, 0.2) is 23.1 Å². The second-order valence-electron chi connectivity index (χ2n) is 3.03. The molecule has 1 N–H and O–H groups in total. The molecule has 0 fully saturated rings. The standard InChI is InChI=1S/C8H4Cl2F3NO3S/c9-5-3-4(14-7(15)8(11,12)13)1-2-6(5)18(10,16)17/h1-3H,(H,14,15). The highest BCUT2D eigenvalue weighted by Crippen LogP contribution is 2.28. The van der Waals surface area contributed by atoms with Crippen molar-refractivity contribution in [3.05, 3.63) is 23.2 Å². The maximum absolute atomic E-state index is 11.9. The van der Waals surface area contributed by atoms with Gasteiger partial charge in [0.1, 0.15) is 4.90 Å². The van der Waals surface area contributed by atoms with Crippen LogP contribution in [0.3, 0.4) is 0 Å². The van der Waals surface area contributed by atoms with E-state index in [0.29, 0.717) is 0 Å². The number of hydrogen-bond donors (Lipinski definition) is 1. The van der Waals surface area contributed by atoms with Crippen molar-refractivity contribution in [2.45, 2.75) is 11.1 Å². The summed E-state index contributed by atoms with van der Waals surface area (Å²) >= 11 is 5.52. The van der Waals surface area contributed by atoms with Crippen LogP contribution in [0.5, 0.6) is 0 Å². The Balaban J connectivity index is 3.04. The third-order valence-electron chi connectivity index (χ3n) is 1.71. The van der Waals surface area contributed by atoms with Crippen LogP contribution in [-0.2, 0) is 13.8 Å². The topological polar surface area (TPSA) is 63.2 Å². The molecule has 0 heterocycles. The predicted molar refractivity (Wildman–Crippen MR) is 59.2 cm³/mol. The Labute approximate surface area is 109 Å². The highest BCUT2D eigenvalue weighted by Gasteiger charge is 2.38. The van der Waals surface area contributed by atoms with Gasteiger partial charge >= 0.3 is 12.1 Å². The van der Waals surface area contributed by atoms with E-state index in [1.165, 1.54) is 5.32 Å². The van der Waals surface area contributed by atoms with Crippen molar-refractivity contribution in [3.63, 3.8) is 0 Å². The van der Waals surface area contributed by atoms with E-state index in [1.54, 1.807) is 0 Å². The second-order valence-corrected chi connectivity index (χ2v) is 5.98. The smallest absolute Gasteiger partial charge is 0.318 e. The number of nitrogens with one attached hydrogen (secondary N) is 1. The molecule has 1 aromatic carbocycles. The van der Waals surface area contributed by atoms with Gasteiger partial charge in [0.25, 0.3) is 9.05 Å². The highest BCUT2D eigenvalue weighted by molar-refractivity contribution is 8.13. The summed E-state index contributed by atoms with van der Waals surface area (Å²) in [6.45, 7) is 0. The van der Waals surface area contributed by atoms with Gasteiger partial charge in [-0.3, -0.25) is 4.79 Å². The van der Waals surface area contributed by atoms with Crippen LogP contribution in [0.2, 0.25) is 5.02 Å². The number of carbonyl (C=O) groups excluding carboxylic acids is 1. The number of amides is 1. The minimum absolute atomic E-state index is 0.300. The Bertz CT molecular complexity index is 586. The summed E-state index contributed by atoms with van der Waals surface area (Å²) in [5.41, 5.74) is -0.300. The zero-order chi connectivity index (χ0) is 14.1. The molecule has 0 radical (unpaired) electrons. The van der Waals surface area contributed by atoms with Crippen LogP contribution in [0.25, 0.3) is 0 Å². The van der Waals surface area contributed by atoms with E-state index in [4.69, 9.17) is 22.3 Å². The number of halogens is 5. The molecule has 4 nitrogen and oxygen atoms in total. The summed E-state index contributed by atoms with van der Waals surface area (Å²) in [7, 11) is 0.913. The Morgan fingerprint density at radius 2 is 1.83 bits per heavy atom. The molecule has 0 bridgehead atoms. The van der Waals surface area contributed by atoms with Gasteiger partial charge in [0.15, 0.2) is 0 Å². The Kier molecular flexibility index (Phi) is 4.14. The third kappa shape index (κ3) is 3.76. The molecule has 0 aliphatic carbocycles. The second kappa shape index (κ2) is 4.94. The largest absolute Gasteiger partial charge is 0.471 e. The maximum Gasteiger partial charge on any atom is 0.471 e. The third-order valence-corrected chi connectivity index (χ3v) is 3.51. The molecule has 0 unspecified atom stereocenters. The molecule has 0 atom stereocenters. The lowest BCUT2D eigenvalue weighted by molar-refractivity contribution is -0.167. The first-order valence-electron chi connectivity index (χ1n) is 4.14. The number of alkyl halides is 3. The SMILES string of the molecule is O=C(Nc1ccc(S(=O)(=O)Cl)c(Cl)c1)C(F)(F)F. The number of hydrogen-bond acceptors (Lipinski definition) is 3. The average Bonchev–Trinajstić information content (AvgIpc) is 2.13. The summed E-state index contributed by atoms with van der Waals surface area (Å²) < 4.78 is 57.7. The van der Waals surface area contributed by atoms with Crippen molar-refractivity contribution in [1.82, 2.24) is 0 Å². The van der Waals surface area contributed by atoms with E-state index in [-0.39, 0.29) is 5.69 Å². The molecule has 18 heavy (non-hydrogen) atoms. The number of carbonyl (C=O) groups is 1. The van der Waals surface area contributed by atoms with E-state index in [1.807, 2.05) is 0 Å². The number of benzene rings is 1. The first-order chi connectivity index (χ1) is 8.01. The molecule has 1 amide bonds. The van der Waals surface area contributed by atoms with Gasteiger partial charge in [-0.15, -0.1) is 0 Å². The van der Waals surface area contributed by atoms with E-state index in [9.17, 15) is 26.4 Å². The fraction of sp³-hybridized carbons (Fsp3) is 0.125. The van der Waals surface area contributed by atoms with Crippen molar-refractivity contribution >= 4 is 42.9 Å². The minimum Gasteiger partial charge on any atom is -0.318 e. The van der Waals surface area contributed by atoms with Crippen LogP contribution in [0.4, 0.5) is 18.9 Å². The molecule has 10 heteroatoms. The summed E-state index contributed by atoms with van der Waals surface area (Å²) in [6.07, 6.45) is -5.05. The van der Waals surface area contributed by atoms with Crippen molar-refractivity contribution < 1.29 is 26.4 Å². The molecule has 0 saturated heterocycles. The summed E-state index contributed by atoms with van der Waals surface area (Å²) in [6, 6.07) is 2.67. The molecule has 0 aromatic heterocycles. The number of anilines is 1. The lowest BCUT2D eigenvalue weighted by Gasteiger charge is -2.09. The van der Waals surface area contributed by atoms with Crippen LogP contribution in [0.1, 0.15) is 0 Å². The lowest BCUT2D eigenvalue weighted by atomic mass is 10.3. The number of rotatable bonds is 2. The summed E-state index contributed by atoms with van der Waals surface area (Å²) in [5, 5.41) is 1.12. The van der Waals surface area contributed by atoms with Crippen LogP contribution < -0.4 is 5.32 Å². The lowest BCUT2D eigenvalue weighted by Crippen LogP contribution is -2.29. The van der Waals surface area contributed by atoms with E-state index < -0.39 is 31.1 Å². The van der Waals surface area contributed by atoms with E-state index in [0.717, 1.165) is 18.2 Å². The predicted octanol–water partition coefficient (Wildman–Crippen LogP) is 2.77. The molecule has 100 valence electrons. The fourth-order valence-electron chi connectivity index (χ4n) is 0.978. The summed E-state index contributed by atoms with van der Waals surface area (Å²) in [5.74, 6) is -2.19. The Morgan fingerprint density at radius 3 is 2.22 bits per heavy atom. The summed E-state index contributed by atoms with van der Waals surface area (Å²) in [4.78, 5) is 10.1. The van der Waals surface area contributed by atoms with Gasteiger partial charge in [0.2, 0.25) is 0 Å². The van der Waals surface area contributed by atoms with Crippen molar-refractivity contribution in [1.29, 1.82) is 0 Å². The first-order valence-corrected chi connectivity index (χ1v) is 6.83. The zero-order valence-electron chi connectivity index (χ0n) is 8.25. The maximum atomic E-state index is 11.9. The van der Waals surface area contributed by atoms with Crippen molar-refractivity contribution in [2.24, 2.45) is 0 Å². The zero-order valence-corrected chi connectivity index (χ0v) is 10.6. The van der Waals surface area contributed by atoms with Gasteiger partial charge in [-0.25, -0.2) is 8.42 Å². The van der Waals surface area contributed by atoms with Crippen LogP contribution >= 0.6 is 22.3 Å². The van der Waals surface area contributed by atoms with Crippen molar-refractivity contribution in [2.75, 3.05) is 5.32 Å². The fourth-order valence-corrected chi connectivity index (χ4v) is 2.51. The highest BCUT2D eigenvalue weighted by atomic mass is 35.7.